The van der Waals surface area contributed by atoms with Crippen molar-refractivity contribution in [1.82, 2.24) is 9.62 Å². The highest BCUT2D eigenvalue weighted by molar-refractivity contribution is 7.89. The Morgan fingerprint density at radius 3 is 2.71 bits per heavy atom. The van der Waals surface area contributed by atoms with Gasteiger partial charge in [-0.2, -0.15) is 0 Å². The highest BCUT2D eigenvalue weighted by Crippen LogP contribution is 2.30. The van der Waals surface area contributed by atoms with Gasteiger partial charge >= 0.3 is 5.97 Å². The van der Waals surface area contributed by atoms with E-state index in [0.717, 1.165) is 6.07 Å². The molecule has 7 nitrogen and oxygen atoms in total. The van der Waals surface area contributed by atoms with Gasteiger partial charge in [0.1, 0.15) is 9.77 Å². The molecule has 1 aliphatic heterocycles. The molecule has 2 heterocycles. The number of carbonyl (C=O) groups excluding carboxylic acids is 1. The van der Waals surface area contributed by atoms with E-state index in [9.17, 15) is 18.0 Å². The van der Waals surface area contributed by atoms with E-state index >= 15 is 0 Å². The molecule has 0 aromatic carbocycles. The molecule has 1 atom stereocenters. The summed E-state index contributed by atoms with van der Waals surface area (Å²) in [5.41, 5.74) is 0. The maximum atomic E-state index is 12.5. The zero-order chi connectivity index (χ0) is 18.1. The molecule has 1 aliphatic rings. The van der Waals surface area contributed by atoms with E-state index in [-0.39, 0.29) is 32.5 Å². The summed E-state index contributed by atoms with van der Waals surface area (Å²) in [6.07, 6.45) is 1.27. The highest BCUT2D eigenvalue weighted by Gasteiger charge is 2.31. The monoisotopic (exact) mass is 394 g/mol. The predicted molar refractivity (Wildman–Crippen MR) is 91.0 cm³/mol. The van der Waals surface area contributed by atoms with Crippen LogP contribution in [0.15, 0.2) is 11.0 Å². The van der Waals surface area contributed by atoms with Gasteiger partial charge in [-0.15, -0.1) is 11.3 Å². The highest BCUT2D eigenvalue weighted by atomic mass is 35.5. The second-order valence-electron chi connectivity index (χ2n) is 5.95. The Morgan fingerprint density at radius 1 is 1.46 bits per heavy atom. The fraction of sp³-hybridized carbons (Fsp3) is 0.571. The number of aromatic carboxylic acids is 1. The van der Waals surface area contributed by atoms with Crippen LogP contribution in [0.2, 0.25) is 4.34 Å². The third-order valence-electron chi connectivity index (χ3n) is 3.70. The van der Waals surface area contributed by atoms with Crippen molar-refractivity contribution < 1.29 is 23.1 Å². The Kier molecular flexibility index (Phi) is 5.90. The summed E-state index contributed by atoms with van der Waals surface area (Å²) in [7, 11) is -4.03. The van der Waals surface area contributed by atoms with Gasteiger partial charge in [0.15, 0.2) is 0 Å². The van der Waals surface area contributed by atoms with Crippen LogP contribution in [-0.2, 0) is 14.8 Å². The third-order valence-corrected chi connectivity index (χ3v) is 6.63. The number of hydrogen-bond donors (Lipinski definition) is 2. The summed E-state index contributed by atoms with van der Waals surface area (Å²) < 4.78 is 27.6. The molecule has 1 unspecified atom stereocenters. The summed E-state index contributed by atoms with van der Waals surface area (Å²) in [5, 5.41) is 9.13. The molecule has 2 rings (SSSR count). The zero-order valence-electron chi connectivity index (χ0n) is 13.3. The second kappa shape index (κ2) is 7.38. The van der Waals surface area contributed by atoms with E-state index in [0.29, 0.717) is 30.7 Å². The van der Waals surface area contributed by atoms with Crippen LogP contribution in [0, 0.1) is 5.92 Å². The second-order valence-corrected chi connectivity index (χ2v) is 9.31. The zero-order valence-corrected chi connectivity index (χ0v) is 15.7. The van der Waals surface area contributed by atoms with Crippen molar-refractivity contribution in [3.05, 3.63) is 15.3 Å². The normalized spacial score (nSPS) is 18.8. The van der Waals surface area contributed by atoms with Gasteiger partial charge in [-0.25, -0.2) is 17.9 Å². The van der Waals surface area contributed by atoms with Crippen LogP contribution in [0.1, 0.15) is 36.4 Å². The molecule has 0 bridgehead atoms. The number of nitrogens with zero attached hydrogens (tertiary/aromatic N) is 1. The quantitative estimate of drug-likeness (QED) is 0.795. The first-order chi connectivity index (χ1) is 11.1. The predicted octanol–water partition coefficient (Wildman–Crippen LogP) is 2.03. The maximum absolute atomic E-state index is 12.5. The van der Waals surface area contributed by atoms with Crippen molar-refractivity contribution in [2.75, 3.05) is 13.1 Å². The van der Waals surface area contributed by atoms with Gasteiger partial charge in [-0.05, 0) is 18.9 Å². The molecular weight excluding hydrogens is 376 g/mol. The van der Waals surface area contributed by atoms with E-state index in [1.165, 1.54) is 0 Å². The number of carboxylic acid groups (broad SMARTS) is 1. The molecule has 2 N–H and O–H groups in total. The first kappa shape index (κ1) is 19.2. The van der Waals surface area contributed by atoms with E-state index in [1.807, 2.05) is 0 Å². The minimum absolute atomic E-state index is 0.0244. The van der Waals surface area contributed by atoms with Gasteiger partial charge in [0.05, 0.1) is 4.34 Å². The van der Waals surface area contributed by atoms with Crippen LogP contribution in [-0.4, -0.2) is 49.4 Å². The lowest BCUT2D eigenvalue weighted by Gasteiger charge is -2.34. The summed E-state index contributed by atoms with van der Waals surface area (Å²) in [6.45, 7) is 4.46. The Labute approximate surface area is 149 Å². The molecule has 0 aliphatic carbocycles. The van der Waals surface area contributed by atoms with Crippen molar-refractivity contribution in [1.29, 1.82) is 0 Å². The molecule has 0 spiro atoms. The number of carboxylic acids is 1. The van der Waals surface area contributed by atoms with Crippen LogP contribution in [0.25, 0.3) is 0 Å². The number of piperidine rings is 1. The molecule has 10 heteroatoms. The number of rotatable bonds is 5. The number of thiophene rings is 1. The molecular formula is C14H19ClN2O5S2. The molecule has 1 aromatic heterocycles. The van der Waals surface area contributed by atoms with E-state index < -0.39 is 22.0 Å². The fourth-order valence-corrected chi connectivity index (χ4v) is 5.53. The van der Waals surface area contributed by atoms with E-state index in [4.69, 9.17) is 16.7 Å². The largest absolute Gasteiger partial charge is 0.477 e. The lowest BCUT2D eigenvalue weighted by molar-refractivity contribution is -0.135. The Morgan fingerprint density at radius 2 is 2.12 bits per heavy atom. The van der Waals surface area contributed by atoms with Crippen molar-refractivity contribution >= 4 is 44.8 Å². The SMILES string of the molecule is CC(C)C(=O)N1CCCC(NS(=O)(=O)c2cc(Cl)sc2C(=O)O)C1. The number of nitrogens with one attached hydrogen (secondary N) is 1. The summed E-state index contributed by atoms with van der Waals surface area (Å²) >= 11 is 6.47. The Hall–Kier alpha value is -1.16. The average Bonchev–Trinajstić information content (AvgIpc) is 2.89. The average molecular weight is 395 g/mol. The van der Waals surface area contributed by atoms with Crippen molar-refractivity contribution in [3.8, 4) is 0 Å². The molecule has 1 saturated heterocycles. The Balaban J connectivity index is 2.17. The van der Waals surface area contributed by atoms with Crippen LogP contribution in [0.3, 0.4) is 0 Å². The lowest BCUT2D eigenvalue weighted by atomic mass is 10.0. The number of halogens is 1. The smallest absolute Gasteiger partial charge is 0.347 e. The number of carbonyl (C=O) groups is 2. The van der Waals surface area contributed by atoms with Crippen LogP contribution >= 0.6 is 22.9 Å². The van der Waals surface area contributed by atoms with Gasteiger partial charge in [0.2, 0.25) is 15.9 Å². The van der Waals surface area contributed by atoms with Gasteiger partial charge < -0.3 is 10.0 Å². The van der Waals surface area contributed by atoms with Crippen LogP contribution in [0.4, 0.5) is 0 Å². The number of likely N-dealkylation sites (tertiary alicyclic amines) is 1. The molecule has 0 saturated carbocycles. The number of amides is 1. The topological polar surface area (TPSA) is 104 Å². The number of hydrogen-bond acceptors (Lipinski definition) is 5. The minimum atomic E-state index is -4.03. The first-order valence-electron chi connectivity index (χ1n) is 7.45. The van der Waals surface area contributed by atoms with Crippen molar-refractivity contribution in [2.24, 2.45) is 5.92 Å². The minimum Gasteiger partial charge on any atom is -0.477 e. The lowest BCUT2D eigenvalue weighted by Crippen LogP contribution is -2.50. The molecule has 1 fully saturated rings. The molecule has 0 radical (unpaired) electrons. The van der Waals surface area contributed by atoms with E-state index in [2.05, 4.69) is 4.72 Å². The maximum Gasteiger partial charge on any atom is 0.347 e. The Bertz CT molecular complexity index is 744. The van der Waals surface area contributed by atoms with Gasteiger partial charge in [0, 0.05) is 25.0 Å². The van der Waals surface area contributed by atoms with Gasteiger partial charge in [-0.1, -0.05) is 25.4 Å². The summed E-state index contributed by atoms with van der Waals surface area (Å²) in [6, 6.07) is 0.685. The summed E-state index contributed by atoms with van der Waals surface area (Å²) in [5.74, 6) is -1.52. The van der Waals surface area contributed by atoms with Crippen LogP contribution in [0.5, 0.6) is 0 Å². The number of sulfonamides is 1. The van der Waals surface area contributed by atoms with Gasteiger partial charge in [-0.3, -0.25) is 4.79 Å². The first-order valence-corrected chi connectivity index (χ1v) is 10.1. The fourth-order valence-electron chi connectivity index (χ4n) is 2.62. The summed E-state index contributed by atoms with van der Waals surface area (Å²) in [4.78, 5) is 24.3. The molecule has 134 valence electrons. The molecule has 1 aromatic rings. The molecule has 1 amide bonds. The van der Waals surface area contributed by atoms with E-state index in [1.54, 1.807) is 18.7 Å². The van der Waals surface area contributed by atoms with Gasteiger partial charge in [0.25, 0.3) is 0 Å². The molecule has 24 heavy (non-hydrogen) atoms. The van der Waals surface area contributed by atoms with Crippen molar-refractivity contribution in [2.45, 2.75) is 37.6 Å². The third kappa shape index (κ3) is 4.27. The van der Waals surface area contributed by atoms with Crippen molar-refractivity contribution in [3.63, 3.8) is 0 Å². The van der Waals surface area contributed by atoms with Crippen LogP contribution < -0.4 is 4.72 Å². The standard InChI is InChI=1S/C14H19ClN2O5S2/c1-8(2)13(18)17-5-3-4-9(7-17)16-24(21,22)10-6-11(15)23-12(10)14(19)20/h6,8-9,16H,3-5,7H2,1-2H3,(H,19,20).